The summed E-state index contributed by atoms with van der Waals surface area (Å²) < 4.78 is 38.9. The minimum absolute atomic E-state index is 0.0378. The van der Waals surface area contributed by atoms with E-state index in [1.165, 1.54) is 50.6 Å². The zero-order valence-electron chi connectivity index (χ0n) is 20.6. The van der Waals surface area contributed by atoms with Crippen LogP contribution in [-0.2, 0) is 19.6 Å². The lowest BCUT2D eigenvalue weighted by Crippen LogP contribution is -2.51. The highest BCUT2D eigenvalue weighted by Crippen LogP contribution is 2.60. The molecule has 0 spiro atoms. The second-order valence-electron chi connectivity index (χ2n) is 10.6. The van der Waals surface area contributed by atoms with Gasteiger partial charge in [-0.2, -0.15) is 0 Å². The Hall–Kier alpha value is -3.18. The Kier molecular flexibility index (Phi) is 6.85. The van der Waals surface area contributed by atoms with E-state index >= 15 is 0 Å². The van der Waals surface area contributed by atoms with Gasteiger partial charge in [-0.25, -0.2) is 13.2 Å². The SMILES string of the molecule is COc1ccc([N+](=O)[O-])cc1NS(=O)(=O)c1ccc(Cl)c(C(=O)OCC(=O)C23CC4CC(CC(C4)C2)C3)c1. The standard InChI is InChI=1S/C26H27ClN2O8S/c1-36-23-5-2-18(29(32)33)9-22(23)28-38(34,35)19-3-4-21(27)20(10-19)25(31)37-14-24(30)26-11-15-6-16(12-26)8-17(7-15)13-26/h2-5,9-10,15-17,28H,6-8,11-14H2,1H3. The minimum Gasteiger partial charge on any atom is -0.495 e. The average molecular weight is 563 g/mol. The number of methoxy groups -OCH3 is 1. The quantitative estimate of drug-likeness (QED) is 0.255. The number of carbonyl (C=O) groups is 2. The Balaban J connectivity index is 1.31. The van der Waals surface area contributed by atoms with Gasteiger partial charge in [-0.1, -0.05) is 11.6 Å². The number of halogens is 1. The number of esters is 1. The highest BCUT2D eigenvalue weighted by atomic mass is 35.5. The molecule has 4 aliphatic rings. The summed E-state index contributed by atoms with van der Waals surface area (Å²) >= 11 is 6.18. The highest BCUT2D eigenvalue weighted by Gasteiger charge is 2.54. The van der Waals surface area contributed by atoms with Crippen LogP contribution in [0.2, 0.25) is 5.02 Å². The molecule has 4 bridgehead atoms. The van der Waals surface area contributed by atoms with E-state index in [2.05, 4.69) is 4.72 Å². The third-order valence-electron chi connectivity index (χ3n) is 8.07. The number of ether oxygens (including phenoxy) is 2. The molecule has 0 unspecified atom stereocenters. The van der Waals surface area contributed by atoms with Gasteiger partial charge >= 0.3 is 5.97 Å². The van der Waals surface area contributed by atoms with Crippen LogP contribution in [0, 0.1) is 33.3 Å². The molecule has 1 N–H and O–H groups in total. The second kappa shape index (κ2) is 9.85. The molecule has 6 rings (SSSR count). The number of ketones is 1. The molecular weight excluding hydrogens is 536 g/mol. The number of nitro groups is 1. The summed E-state index contributed by atoms with van der Waals surface area (Å²) in [5, 5.41) is 11.1. The molecule has 0 aliphatic heterocycles. The van der Waals surface area contributed by atoms with Gasteiger partial charge in [0.25, 0.3) is 15.7 Å². The maximum Gasteiger partial charge on any atom is 0.340 e. The van der Waals surface area contributed by atoms with E-state index in [0.29, 0.717) is 17.8 Å². The maximum absolute atomic E-state index is 13.2. The topological polar surface area (TPSA) is 142 Å². The van der Waals surface area contributed by atoms with Gasteiger partial charge in [-0.05, 0) is 80.5 Å². The first kappa shape index (κ1) is 26.4. The van der Waals surface area contributed by atoms with Crippen LogP contribution in [0.15, 0.2) is 41.3 Å². The number of nitro benzene ring substituents is 1. The first-order valence-electron chi connectivity index (χ1n) is 12.3. The molecule has 10 nitrogen and oxygen atoms in total. The number of anilines is 1. The summed E-state index contributed by atoms with van der Waals surface area (Å²) in [4.78, 5) is 36.2. The lowest BCUT2D eigenvalue weighted by molar-refractivity contribution is -0.384. The van der Waals surface area contributed by atoms with Crippen molar-refractivity contribution in [1.82, 2.24) is 0 Å². The van der Waals surface area contributed by atoms with Gasteiger partial charge in [0.2, 0.25) is 0 Å². The number of non-ortho nitro benzene ring substituents is 1. The van der Waals surface area contributed by atoms with Crippen molar-refractivity contribution >= 4 is 44.8 Å². The lowest BCUT2D eigenvalue weighted by Gasteiger charge is -2.55. The van der Waals surface area contributed by atoms with Crippen LogP contribution in [-0.4, -0.2) is 38.8 Å². The summed E-state index contributed by atoms with van der Waals surface area (Å²) in [6.07, 6.45) is 6.07. The molecule has 4 saturated carbocycles. The minimum atomic E-state index is -4.31. The van der Waals surface area contributed by atoms with Crippen LogP contribution in [0.3, 0.4) is 0 Å². The van der Waals surface area contributed by atoms with E-state index in [-0.39, 0.29) is 45.0 Å². The van der Waals surface area contributed by atoms with E-state index in [0.717, 1.165) is 31.4 Å². The first-order valence-corrected chi connectivity index (χ1v) is 14.2. The number of carbonyl (C=O) groups excluding carboxylic acids is 2. The average Bonchev–Trinajstić information content (AvgIpc) is 2.86. The normalized spacial score (nSPS) is 25.6. The Morgan fingerprint density at radius 2 is 1.71 bits per heavy atom. The Labute approximate surface area is 224 Å². The van der Waals surface area contributed by atoms with Crippen molar-refractivity contribution < 1.29 is 32.4 Å². The Bertz CT molecular complexity index is 1390. The van der Waals surface area contributed by atoms with Crippen LogP contribution < -0.4 is 9.46 Å². The number of hydrogen-bond acceptors (Lipinski definition) is 8. The highest BCUT2D eigenvalue weighted by molar-refractivity contribution is 7.92. The van der Waals surface area contributed by atoms with Crippen LogP contribution in [0.4, 0.5) is 11.4 Å². The number of Topliss-reactive ketones (excluding diaryl/α,β-unsaturated/α-hetero) is 1. The Morgan fingerprint density at radius 3 is 2.29 bits per heavy atom. The molecule has 2 aromatic carbocycles. The molecule has 0 aromatic heterocycles. The smallest absolute Gasteiger partial charge is 0.340 e. The lowest BCUT2D eigenvalue weighted by atomic mass is 9.48. The summed E-state index contributed by atoms with van der Waals surface area (Å²) in [5.74, 6) is 0.775. The van der Waals surface area contributed by atoms with E-state index in [9.17, 15) is 28.1 Å². The van der Waals surface area contributed by atoms with Crippen LogP contribution >= 0.6 is 11.6 Å². The van der Waals surface area contributed by atoms with Crippen LogP contribution in [0.1, 0.15) is 48.9 Å². The second-order valence-corrected chi connectivity index (χ2v) is 12.7. The molecule has 0 saturated heterocycles. The van der Waals surface area contributed by atoms with Gasteiger partial charge in [0, 0.05) is 17.5 Å². The number of rotatable bonds is 9. The fraction of sp³-hybridized carbons (Fsp3) is 0.462. The van der Waals surface area contributed by atoms with Crippen LogP contribution in [0.5, 0.6) is 5.75 Å². The zero-order valence-corrected chi connectivity index (χ0v) is 22.2. The van der Waals surface area contributed by atoms with Gasteiger partial charge < -0.3 is 9.47 Å². The molecule has 38 heavy (non-hydrogen) atoms. The number of nitrogens with zero attached hydrogens (tertiary/aromatic N) is 1. The van der Waals surface area contributed by atoms with Gasteiger partial charge in [-0.3, -0.25) is 19.6 Å². The largest absolute Gasteiger partial charge is 0.495 e. The number of nitrogens with one attached hydrogen (secondary N) is 1. The van der Waals surface area contributed by atoms with Crippen molar-refractivity contribution in [3.05, 3.63) is 57.1 Å². The van der Waals surface area contributed by atoms with Crippen molar-refractivity contribution in [1.29, 1.82) is 0 Å². The molecule has 4 fully saturated rings. The zero-order chi connectivity index (χ0) is 27.2. The summed E-state index contributed by atoms with van der Waals surface area (Å²) in [5.41, 5.74) is -1.13. The van der Waals surface area contributed by atoms with Gasteiger partial charge in [0.15, 0.2) is 12.4 Å². The van der Waals surface area contributed by atoms with Gasteiger partial charge in [-0.15, -0.1) is 0 Å². The molecule has 12 heteroatoms. The predicted molar refractivity (Wildman–Crippen MR) is 138 cm³/mol. The molecule has 0 radical (unpaired) electrons. The molecule has 0 atom stereocenters. The van der Waals surface area contributed by atoms with E-state index in [4.69, 9.17) is 21.1 Å². The maximum atomic E-state index is 13.2. The summed E-state index contributed by atoms with van der Waals surface area (Å²) in [6, 6.07) is 6.94. The Morgan fingerprint density at radius 1 is 1.08 bits per heavy atom. The van der Waals surface area contributed by atoms with Crippen molar-refractivity contribution in [2.75, 3.05) is 18.4 Å². The molecule has 0 amide bonds. The predicted octanol–water partition coefficient (Wildman–Crippen LogP) is 5.00. The van der Waals surface area contributed by atoms with Crippen molar-refractivity contribution in [3.8, 4) is 5.75 Å². The first-order chi connectivity index (χ1) is 18.0. The molecule has 4 aliphatic carbocycles. The fourth-order valence-corrected chi connectivity index (χ4v) is 8.02. The molecule has 202 valence electrons. The fourth-order valence-electron chi connectivity index (χ4n) is 6.74. The molecular formula is C26H27ClN2O8S. The number of hydrogen-bond donors (Lipinski definition) is 1. The third-order valence-corrected chi connectivity index (χ3v) is 9.76. The van der Waals surface area contributed by atoms with E-state index in [1.807, 2.05) is 0 Å². The summed E-state index contributed by atoms with van der Waals surface area (Å²) in [7, 11) is -3.02. The molecule has 0 heterocycles. The van der Waals surface area contributed by atoms with E-state index in [1.54, 1.807) is 0 Å². The van der Waals surface area contributed by atoms with Gasteiger partial charge in [0.05, 0.1) is 33.2 Å². The van der Waals surface area contributed by atoms with Crippen molar-refractivity contribution in [2.24, 2.45) is 23.2 Å². The van der Waals surface area contributed by atoms with Crippen LogP contribution in [0.25, 0.3) is 0 Å². The van der Waals surface area contributed by atoms with Crippen molar-refractivity contribution in [3.63, 3.8) is 0 Å². The monoisotopic (exact) mass is 562 g/mol. The molecule has 2 aromatic rings. The third kappa shape index (κ3) is 4.96. The number of sulfonamides is 1. The summed E-state index contributed by atoms with van der Waals surface area (Å²) in [6.45, 7) is -0.387. The van der Waals surface area contributed by atoms with Crippen molar-refractivity contribution in [2.45, 2.75) is 43.4 Å². The van der Waals surface area contributed by atoms with E-state index < -0.39 is 26.3 Å². The number of benzene rings is 2. The van der Waals surface area contributed by atoms with Gasteiger partial charge in [0.1, 0.15) is 5.75 Å².